The number of likely N-dealkylation sites (tertiary alicyclic amines) is 1. The standard InChI is InChI=1S/C30H29F3N8/c1-19-22(3-5-28-25(19)11-24(13-34)41(28)16-21-14-37-38-15-21)17-40-8-6-23(7-9-40)39-29-26-10-20(12-30(31,32)33)2-4-27(26)35-18-36-29/h2-5,10-11,14-15,18,23H,6-9,12,16-17H2,1H3,(H,37,38)(H,35,36,39). The van der Waals surface area contributed by atoms with Crippen molar-refractivity contribution in [2.24, 2.45) is 0 Å². The van der Waals surface area contributed by atoms with Gasteiger partial charge in [0.25, 0.3) is 0 Å². The Labute approximate surface area is 234 Å². The molecule has 4 heterocycles. The molecule has 2 aromatic carbocycles. The molecular formula is C30H29F3N8. The average Bonchev–Trinajstić information content (AvgIpc) is 3.59. The lowest BCUT2D eigenvalue weighted by molar-refractivity contribution is -0.127. The molecule has 41 heavy (non-hydrogen) atoms. The summed E-state index contributed by atoms with van der Waals surface area (Å²) < 4.78 is 40.9. The van der Waals surface area contributed by atoms with Gasteiger partial charge in [-0.15, -0.1) is 0 Å². The van der Waals surface area contributed by atoms with Crippen molar-refractivity contribution < 1.29 is 13.2 Å². The molecule has 1 saturated heterocycles. The molecule has 5 aromatic rings. The largest absolute Gasteiger partial charge is 0.393 e. The van der Waals surface area contributed by atoms with Crippen LogP contribution in [0.15, 0.2) is 55.1 Å². The van der Waals surface area contributed by atoms with Crippen LogP contribution in [0.3, 0.4) is 0 Å². The van der Waals surface area contributed by atoms with Gasteiger partial charge in [-0.3, -0.25) is 10.00 Å². The Balaban J connectivity index is 1.13. The van der Waals surface area contributed by atoms with E-state index in [9.17, 15) is 18.4 Å². The zero-order valence-electron chi connectivity index (χ0n) is 22.5. The number of nitriles is 1. The number of fused-ring (bicyclic) bond motifs is 2. The summed E-state index contributed by atoms with van der Waals surface area (Å²) in [7, 11) is 0. The monoisotopic (exact) mass is 558 g/mol. The quantitative estimate of drug-likeness (QED) is 0.265. The van der Waals surface area contributed by atoms with Crippen molar-refractivity contribution in [3.8, 4) is 6.07 Å². The lowest BCUT2D eigenvalue weighted by Gasteiger charge is -2.33. The lowest BCUT2D eigenvalue weighted by Crippen LogP contribution is -2.39. The van der Waals surface area contributed by atoms with Crippen molar-refractivity contribution in [2.75, 3.05) is 18.4 Å². The molecule has 0 atom stereocenters. The number of aryl methyl sites for hydroxylation is 1. The molecule has 6 rings (SSSR count). The smallest absolute Gasteiger partial charge is 0.367 e. The number of rotatable bonds is 7. The highest BCUT2D eigenvalue weighted by molar-refractivity contribution is 5.89. The number of hydrogen-bond donors (Lipinski definition) is 2. The van der Waals surface area contributed by atoms with E-state index >= 15 is 0 Å². The minimum atomic E-state index is -4.27. The van der Waals surface area contributed by atoms with Gasteiger partial charge in [-0.2, -0.15) is 23.5 Å². The summed E-state index contributed by atoms with van der Waals surface area (Å²) in [5.74, 6) is 0.576. The molecule has 0 unspecified atom stereocenters. The van der Waals surface area contributed by atoms with Crippen molar-refractivity contribution in [2.45, 2.75) is 51.5 Å². The van der Waals surface area contributed by atoms with E-state index < -0.39 is 12.6 Å². The number of H-pyrrole nitrogens is 1. The van der Waals surface area contributed by atoms with Gasteiger partial charge in [0.2, 0.25) is 0 Å². The number of aromatic nitrogens is 5. The number of nitrogens with zero attached hydrogens (tertiary/aromatic N) is 6. The normalized spacial score (nSPS) is 15.0. The summed E-state index contributed by atoms with van der Waals surface area (Å²) >= 11 is 0. The molecule has 0 radical (unpaired) electrons. The zero-order valence-corrected chi connectivity index (χ0v) is 22.5. The summed E-state index contributed by atoms with van der Waals surface area (Å²) in [6, 6.07) is 13.3. The lowest BCUT2D eigenvalue weighted by atomic mass is 10.0. The van der Waals surface area contributed by atoms with Crippen LogP contribution < -0.4 is 5.32 Å². The highest BCUT2D eigenvalue weighted by atomic mass is 19.4. The highest BCUT2D eigenvalue weighted by Gasteiger charge is 2.28. The summed E-state index contributed by atoms with van der Waals surface area (Å²) in [6.07, 6.45) is 1.57. The second-order valence-corrected chi connectivity index (χ2v) is 10.7. The van der Waals surface area contributed by atoms with Crippen LogP contribution in [0.25, 0.3) is 21.8 Å². The van der Waals surface area contributed by atoms with Crippen LogP contribution in [0.4, 0.5) is 19.0 Å². The molecular weight excluding hydrogens is 529 g/mol. The molecule has 0 spiro atoms. The topological polar surface area (TPSA) is 98.5 Å². The van der Waals surface area contributed by atoms with Crippen LogP contribution in [-0.2, 0) is 19.5 Å². The molecule has 1 aliphatic rings. The van der Waals surface area contributed by atoms with Crippen LogP contribution in [-0.4, -0.2) is 54.9 Å². The predicted molar refractivity (Wildman–Crippen MR) is 150 cm³/mol. The van der Waals surface area contributed by atoms with Crippen LogP contribution in [0.2, 0.25) is 0 Å². The molecule has 3 aromatic heterocycles. The number of aromatic amines is 1. The Hall–Kier alpha value is -4.43. The first-order chi connectivity index (χ1) is 19.8. The van der Waals surface area contributed by atoms with Gasteiger partial charge in [0.15, 0.2) is 0 Å². The maximum atomic E-state index is 12.9. The molecule has 210 valence electrons. The maximum Gasteiger partial charge on any atom is 0.393 e. The van der Waals surface area contributed by atoms with E-state index in [1.165, 1.54) is 23.5 Å². The van der Waals surface area contributed by atoms with Gasteiger partial charge in [-0.1, -0.05) is 12.1 Å². The van der Waals surface area contributed by atoms with Gasteiger partial charge in [-0.05, 0) is 60.7 Å². The molecule has 0 bridgehead atoms. The first-order valence-corrected chi connectivity index (χ1v) is 13.6. The van der Waals surface area contributed by atoms with Gasteiger partial charge < -0.3 is 9.88 Å². The molecule has 0 saturated carbocycles. The molecule has 8 nitrogen and oxygen atoms in total. The van der Waals surface area contributed by atoms with E-state index in [1.54, 1.807) is 18.3 Å². The third-order valence-electron chi connectivity index (χ3n) is 7.90. The second kappa shape index (κ2) is 10.9. The van der Waals surface area contributed by atoms with Gasteiger partial charge in [0.05, 0.1) is 24.7 Å². The summed E-state index contributed by atoms with van der Waals surface area (Å²) in [5.41, 5.74) is 5.88. The molecule has 1 fully saturated rings. The Morgan fingerprint density at radius 1 is 1.05 bits per heavy atom. The third-order valence-corrected chi connectivity index (χ3v) is 7.90. The van der Waals surface area contributed by atoms with E-state index in [0.29, 0.717) is 29.0 Å². The number of hydrogen-bond acceptors (Lipinski definition) is 6. The minimum absolute atomic E-state index is 0.161. The first kappa shape index (κ1) is 26.8. The third kappa shape index (κ3) is 5.74. The maximum absolute atomic E-state index is 12.9. The molecule has 1 aliphatic heterocycles. The molecule has 2 N–H and O–H groups in total. The van der Waals surface area contributed by atoms with E-state index in [4.69, 9.17) is 0 Å². The van der Waals surface area contributed by atoms with Gasteiger partial charge in [-0.25, -0.2) is 9.97 Å². The van der Waals surface area contributed by atoms with Crippen molar-refractivity contribution in [3.05, 3.63) is 83.1 Å². The van der Waals surface area contributed by atoms with Crippen molar-refractivity contribution in [1.82, 2.24) is 29.6 Å². The number of halogens is 3. The number of anilines is 1. The van der Waals surface area contributed by atoms with Gasteiger partial charge >= 0.3 is 6.18 Å². The second-order valence-electron chi connectivity index (χ2n) is 10.7. The van der Waals surface area contributed by atoms with Crippen LogP contribution >= 0.6 is 0 Å². The summed E-state index contributed by atoms with van der Waals surface area (Å²) in [6.45, 7) is 5.25. The zero-order chi connectivity index (χ0) is 28.6. The average molecular weight is 559 g/mol. The summed E-state index contributed by atoms with van der Waals surface area (Å²) in [5, 5.41) is 21.8. The summed E-state index contributed by atoms with van der Waals surface area (Å²) in [4.78, 5) is 11.0. The number of benzene rings is 2. The van der Waals surface area contributed by atoms with Gasteiger partial charge in [0, 0.05) is 53.7 Å². The van der Waals surface area contributed by atoms with Crippen LogP contribution in [0.1, 0.15) is 40.8 Å². The molecule has 11 heteroatoms. The highest BCUT2D eigenvalue weighted by Crippen LogP contribution is 2.30. The Morgan fingerprint density at radius 3 is 2.61 bits per heavy atom. The van der Waals surface area contributed by atoms with Crippen LogP contribution in [0.5, 0.6) is 0 Å². The van der Waals surface area contributed by atoms with Crippen molar-refractivity contribution >= 4 is 27.6 Å². The van der Waals surface area contributed by atoms with E-state index in [0.717, 1.165) is 48.9 Å². The minimum Gasteiger partial charge on any atom is -0.367 e. The number of alkyl halides is 3. The Bertz CT molecular complexity index is 1730. The van der Waals surface area contributed by atoms with Crippen molar-refractivity contribution in [1.29, 1.82) is 5.26 Å². The van der Waals surface area contributed by atoms with Gasteiger partial charge in [0.1, 0.15) is 23.9 Å². The fraction of sp³-hybridized carbons (Fsp3) is 0.333. The fourth-order valence-electron chi connectivity index (χ4n) is 5.73. The van der Waals surface area contributed by atoms with Crippen molar-refractivity contribution in [3.63, 3.8) is 0 Å². The van der Waals surface area contributed by atoms with E-state index in [1.807, 2.05) is 16.8 Å². The predicted octanol–water partition coefficient (Wildman–Crippen LogP) is 5.72. The Morgan fingerprint density at radius 2 is 1.88 bits per heavy atom. The fourth-order valence-corrected chi connectivity index (χ4v) is 5.73. The first-order valence-electron chi connectivity index (χ1n) is 13.6. The Kier molecular flexibility index (Phi) is 7.09. The SMILES string of the molecule is Cc1c(CN2CCC(Nc3ncnc4ccc(CC(F)(F)F)cc34)CC2)ccc2c1cc(C#N)n2Cc1cn[nH]c1. The number of piperidine rings is 1. The van der Waals surface area contributed by atoms with E-state index in [2.05, 4.69) is 55.5 Å². The molecule has 0 aliphatic carbocycles. The van der Waals surface area contributed by atoms with E-state index in [-0.39, 0.29) is 11.6 Å². The number of nitrogens with one attached hydrogen (secondary N) is 2. The van der Waals surface area contributed by atoms with Crippen LogP contribution in [0, 0.1) is 18.3 Å². The molecule has 0 amide bonds.